The third kappa shape index (κ3) is 6.10. The lowest BCUT2D eigenvalue weighted by Gasteiger charge is -2.10. The van der Waals surface area contributed by atoms with Crippen LogP contribution in [0.1, 0.15) is 21.5 Å². The molecule has 3 aromatic carbocycles. The summed E-state index contributed by atoms with van der Waals surface area (Å²) in [5, 5.41) is 0. The first-order valence-electron chi connectivity index (χ1n) is 9.16. The molecule has 6 nitrogen and oxygen atoms in total. The van der Waals surface area contributed by atoms with Crippen LogP contribution in [0.15, 0.2) is 78.9 Å². The predicted molar refractivity (Wildman–Crippen MR) is 109 cm³/mol. The fourth-order valence-electron chi connectivity index (χ4n) is 2.58. The molecule has 0 saturated carbocycles. The molecule has 3 rings (SSSR count). The van der Waals surface area contributed by atoms with Gasteiger partial charge in [-0.15, -0.1) is 0 Å². The Bertz CT molecular complexity index is 956. The number of nitrogens with one attached hydrogen (secondary N) is 2. The maximum absolute atomic E-state index is 12.1. The zero-order valence-corrected chi connectivity index (χ0v) is 16.1. The van der Waals surface area contributed by atoms with Crippen LogP contribution < -0.4 is 20.3 Å². The Morgan fingerprint density at radius 2 is 1.38 bits per heavy atom. The van der Waals surface area contributed by atoms with Crippen molar-refractivity contribution in [1.82, 2.24) is 10.9 Å². The first-order valence-corrected chi connectivity index (χ1v) is 9.16. The molecule has 0 aliphatic heterocycles. The molecule has 0 bridgehead atoms. The lowest BCUT2D eigenvalue weighted by atomic mass is 10.1. The summed E-state index contributed by atoms with van der Waals surface area (Å²) in [6.07, 6.45) is 0. The van der Waals surface area contributed by atoms with Gasteiger partial charge in [0.1, 0.15) is 18.1 Å². The highest BCUT2D eigenvalue weighted by Gasteiger charge is 2.09. The molecule has 2 amide bonds. The zero-order valence-electron chi connectivity index (χ0n) is 16.1. The Morgan fingerprint density at radius 3 is 2.07 bits per heavy atom. The Labute approximate surface area is 169 Å². The van der Waals surface area contributed by atoms with Crippen molar-refractivity contribution in [2.75, 3.05) is 6.61 Å². The highest BCUT2D eigenvalue weighted by molar-refractivity contribution is 5.96. The minimum Gasteiger partial charge on any atom is -0.489 e. The molecule has 0 radical (unpaired) electrons. The molecule has 3 aromatic rings. The fraction of sp³-hybridized carbons (Fsp3) is 0.130. The summed E-state index contributed by atoms with van der Waals surface area (Å²) in [4.78, 5) is 24.0. The van der Waals surface area contributed by atoms with Crippen molar-refractivity contribution in [2.45, 2.75) is 13.5 Å². The average Bonchev–Trinajstić information content (AvgIpc) is 2.76. The number of aryl methyl sites for hydroxylation is 1. The van der Waals surface area contributed by atoms with Gasteiger partial charge in [-0.05, 0) is 48.4 Å². The summed E-state index contributed by atoms with van der Waals surface area (Å²) in [7, 11) is 0. The fourth-order valence-corrected chi connectivity index (χ4v) is 2.58. The van der Waals surface area contributed by atoms with Crippen LogP contribution in [0.5, 0.6) is 11.5 Å². The highest BCUT2D eigenvalue weighted by atomic mass is 16.5. The summed E-state index contributed by atoms with van der Waals surface area (Å²) in [6, 6.07) is 24.0. The maximum Gasteiger partial charge on any atom is 0.276 e. The highest BCUT2D eigenvalue weighted by Crippen LogP contribution is 2.18. The van der Waals surface area contributed by atoms with E-state index in [1.165, 1.54) is 0 Å². The van der Waals surface area contributed by atoms with Gasteiger partial charge in [-0.3, -0.25) is 20.4 Å². The molecule has 0 saturated heterocycles. The standard InChI is InChI=1S/C23H22N2O4/c1-17-7-5-6-10-21(17)23(27)25-24-22(26)16-29-20-13-11-19(12-14-20)28-15-18-8-3-2-4-9-18/h2-14H,15-16H2,1H3,(H,24,26)(H,25,27). The molecular weight excluding hydrogens is 368 g/mol. The van der Waals surface area contributed by atoms with Crippen molar-refractivity contribution >= 4 is 11.8 Å². The Balaban J connectivity index is 1.41. The van der Waals surface area contributed by atoms with E-state index < -0.39 is 5.91 Å². The third-order valence-corrected chi connectivity index (χ3v) is 4.15. The number of carbonyl (C=O) groups is 2. The molecule has 29 heavy (non-hydrogen) atoms. The largest absolute Gasteiger partial charge is 0.489 e. The second-order valence-corrected chi connectivity index (χ2v) is 6.35. The van der Waals surface area contributed by atoms with Gasteiger partial charge in [0.2, 0.25) is 0 Å². The quantitative estimate of drug-likeness (QED) is 0.606. The number of hydrogen-bond acceptors (Lipinski definition) is 4. The van der Waals surface area contributed by atoms with Gasteiger partial charge in [0.05, 0.1) is 0 Å². The van der Waals surface area contributed by atoms with E-state index >= 15 is 0 Å². The first-order chi connectivity index (χ1) is 14.1. The number of hydrazine groups is 1. The molecule has 6 heteroatoms. The van der Waals surface area contributed by atoms with Crippen molar-refractivity contribution in [1.29, 1.82) is 0 Å². The van der Waals surface area contributed by atoms with Crippen LogP contribution >= 0.6 is 0 Å². The minimum absolute atomic E-state index is 0.224. The molecule has 0 aliphatic carbocycles. The number of benzene rings is 3. The summed E-state index contributed by atoms with van der Waals surface area (Å²) in [5.41, 5.74) is 7.12. The smallest absolute Gasteiger partial charge is 0.276 e. The van der Waals surface area contributed by atoms with Gasteiger partial charge in [0, 0.05) is 5.56 Å². The SMILES string of the molecule is Cc1ccccc1C(=O)NNC(=O)COc1ccc(OCc2ccccc2)cc1. The van der Waals surface area contributed by atoms with E-state index in [2.05, 4.69) is 10.9 Å². The number of hydrogen-bond donors (Lipinski definition) is 2. The van der Waals surface area contributed by atoms with Gasteiger partial charge >= 0.3 is 0 Å². The van der Waals surface area contributed by atoms with Crippen LogP contribution in [-0.2, 0) is 11.4 Å². The first kappa shape index (κ1) is 19.9. The van der Waals surface area contributed by atoms with Gasteiger partial charge in [-0.2, -0.15) is 0 Å². The van der Waals surface area contributed by atoms with Crippen LogP contribution in [0.2, 0.25) is 0 Å². The second kappa shape index (κ2) is 9.94. The van der Waals surface area contributed by atoms with Crippen molar-refractivity contribution in [3.05, 3.63) is 95.6 Å². The molecule has 0 fully saturated rings. The average molecular weight is 390 g/mol. The molecule has 0 spiro atoms. The van der Waals surface area contributed by atoms with E-state index in [0.29, 0.717) is 23.7 Å². The Hall–Kier alpha value is -3.80. The maximum atomic E-state index is 12.1. The lowest BCUT2D eigenvalue weighted by Crippen LogP contribution is -2.44. The van der Waals surface area contributed by atoms with Gasteiger partial charge < -0.3 is 9.47 Å². The van der Waals surface area contributed by atoms with Crippen LogP contribution in [0.4, 0.5) is 0 Å². The predicted octanol–water partition coefficient (Wildman–Crippen LogP) is 3.41. The Kier molecular flexibility index (Phi) is 6.84. The van der Waals surface area contributed by atoms with Crippen LogP contribution in [0, 0.1) is 6.92 Å². The summed E-state index contributed by atoms with van der Waals surface area (Å²) >= 11 is 0. The van der Waals surface area contributed by atoms with Gasteiger partial charge in [0.25, 0.3) is 11.8 Å². The van der Waals surface area contributed by atoms with Crippen LogP contribution in [0.3, 0.4) is 0 Å². The molecule has 0 atom stereocenters. The van der Waals surface area contributed by atoms with Crippen LogP contribution in [0.25, 0.3) is 0 Å². The molecule has 0 aromatic heterocycles. The van der Waals surface area contributed by atoms with E-state index in [1.54, 1.807) is 36.4 Å². The zero-order chi connectivity index (χ0) is 20.5. The molecule has 2 N–H and O–H groups in total. The Morgan fingerprint density at radius 1 is 0.759 bits per heavy atom. The van der Waals surface area contributed by atoms with Gasteiger partial charge in [0.15, 0.2) is 6.61 Å². The lowest BCUT2D eigenvalue weighted by molar-refractivity contribution is -0.123. The molecule has 0 heterocycles. The topological polar surface area (TPSA) is 76.7 Å². The van der Waals surface area contributed by atoms with Gasteiger partial charge in [-0.1, -0.05) is 48.5 Å². The van der Waals surface area contributed by atoms with Crippen molar-refractivity contribution in [3.63, 3.8) is 0 Å². The number of rotatable bonds is 7. The molecule has 148 valence electrons. The van der Waals surface area contributed by atoms with E-state index in [9.17, 15) is 9.59 Å². The van der Waals surface area contributed by atoms with Crippen molar-refractivity contribution in [2.24, 2.45) is 0 Å². The summed E-state index contributed by atoms with van der Waals surface area (Å²) < 4.78 is 11.1. The summed E-state index contributed by atoms with van der Waals surface area (Å²) in [6.45, 7) is 2.08. The number of amides is 2. The van der Waals surface area contributed by atoms with Gasteiger partial charge in [-0.25, -0.2) is 0 Å². The summed E-state index contributed by atoms with van der Waals surface area (Å²) in [5.74, 6) is 0.390. The molecule has 0 unspecified atom stereocenters. The monoisotopic (exact) mass is 390 g/mol. The molecule has 0 aliphatic rings. The van der Waals surface area contributed by atoms with E-state index in [1.807, 2.05) is 49.4 Å². The normalized spacial score (nSPS) is 10.1. The molecular formula is C23H22N2O4. The van der Waals surface area contributed by atoms with Crippen LogP contribution in [-0.4, -0.2) is 18.4 Å². The van der Waals surface area contributed by atoms with Crippen molar-refractivity contribution < 1.29 is 19.1 Å². The third-order valence-electron chi connectivity index (χ3n) is 4.15. The van der Waals surface area contributed by atoms with E-state index in [-0.39, 0.29) is 12.5 Å². The van der Waals surface area contributed by atoms with E-state index in [0.717, 1.165) is 11.1 Å². The second-order valence-electron chi connectivity index (χ2n) is 6.35. The van der Waals surface area contributed by atoms with Crippen molar-refractivity contribution in [3.8, 4) is 11.5 Å². The number of ether oxygens (including phenoxy) is 2. The number of carbonyl (C=O) groups excluding carboxylic acids is 2. The van der Waals surface area contributed by atoms with E-state index in [4.69, 9.17) is 9.47 Å². The minimum atomic E-state index is -0.462.